The van der Waals surface area contributed by atoms with Crippen molar-refractivity contribution < 1.29 is 13.0 Å². The van der Waals surface area contributed by atoms with E-state index < -0.39 is 8.89 Å². The third-order valence-corrected chi connectivity index (χ3v) is 3.10. The molecule has 8 heavy (non-hydrogen) atoms. The van der Waals surface area contributed by atoms with Gasteiger partial charge in [0, 0.05) is 20.3 Å². The van der Waals surface area contributed by atoms with Crippen molar-refractivity contribution in [1.29, 1.82) is 0 Å². The van der Waals surface area contributed by atoms with Crippen molar-refractivity contribution in [2.75, 3.05) is 14.2 Å². The summed E-state index contributed by atoms with van der Waals surface area (Å²) in [5.41, 5.74) is 0. The van der Waals surface area contributed by atoms with E-state index in [0.717, 1.165) is 0 Å². The number of hydrogen-bond donors (Lipinski definition) is 0. The molecule has 0 N–H and O–H groups in total. The van der Waals surface area contributed by atoms with Crippen LogP contribution < -0.4 is 0 Å². The predicted molar refractivity (Wildman–Crippen MR) is 31.4 cm³/mol. The average Bonchev–Trinajstić information content (AvgIpc) is 1.87. The van der Waals surface area contributed by atoms with Crippen LogP contribution in [0, 0.1) is 0 Å². The fraction of sp³-hybridized carbons (Fsp3) is 1.00. The van der Waals surface area contributed by atoms with Crippen LogP contribution in [0.2, 0.25) is 6.04 Å². The van der Waals surface area contributed by atoms with Crippen LogP contribution in [-0.2, 0) is 8.85 Å². The van der Waals surface area contributed by atoms with Gasteiger partial charge in [0.1, 0.15) is 0 Å². The van der Waals surface area contributed by atoms with Crippen LogP contribution in [0.25, 0.3) is 0 Å². The van der Waals surface area contributed by atoms with Crippen molar-refractivity contribution in [2.45, 2.75) is 13.0 Å². The van der Waals surface area contributed by atoms with Crippen LogP contribution in [0.1, 0.15) is 6.92 Å². The molecule has 0 amide bonds. The summed E-state index contributed by atoms with van der Waals surface area (Å²) in [6, 6.07) is 0.347. The van der Waals surface area contributed by atoms with E-state index in [9.17, 15) is 4.11 Å². The van der Waals surface area contributed by atoms with Crippen LogP contribution in [0.5, 0.6) is 0 Å². The van der Waals surface area contributed by atoms with E-state index >= 15 is 0 Å². The second kappa shape index (κ2) is 3.16. The van der Waals surface area contributed by atoms with Gasteiger partial charge in [0.25, 0.3) is 0 Å². The van der Waals surface area contributed by atoms with Gasteiger partial charge in [0.2, 0.25) is 0 Å². The van der Waals surface area contributed by atoms with Gasteiger partial charge in [-0.3, -0.25) is 0 Å². The molecule has 0 rings (SSSR count). The fourth-order valence-corrected chi connectivity index (χ4v) is 1.12. The minimum Gasteiger partial charge on any atom is -0.374 e. The minimum atomic E-state index is -3.17. The van der Waals surface area contributed by atoms with Crippen LogP contribution in [-0.4, -0.2) is 23.1 Å². The lowest BCUT2D eigenvalue weighted by atomic mass is 11.0. The summed E-state index contributed by atoms with van der Waals surface area (Å²) >= 11 is 0. The number of rotatable bonds is 3. The highest BCUT2D eigenvalue weighted by molar-refractivity contribution is 6.59. The topological polar surface area (TPSA) is 18.5 Å². The molecule has 0 aliphatic heterocycles. The van der Waals surface area contributed by atoms with E-state index in [-0.39, 0.29) is 0 Å². The molecule has 0 aromatic rings. The maximum atomic E-state index is 12.7. The molecule has 4 heteroatoms. The maximum absolute atomic E-state index is 12.7. The van der Waals surface area contributed by atoms with E-state index in [1.54, 1.807) is 6.92 Å². The highest BCUT2D eigenvalue weighted by Gasteiger charge is 2.34. The number of halogens is 1. The van der Waals surface area contributed by atoms with Crippen molar-refractivity contribution in [1.82, 2.24) is 0 Å². The summed E-state index contributed by atoms with van der Waals surface area (Å²) in [5, 5.41) is 0. The normalized spacial score (nSPS) is 12.0. The zero-order valence-corrected chi connectivity index (χ0v) is 6.40. The monoisotopic (exact) mass is 138 g/mol. The SMILES string of the molecule is CC[Si](F)(OC)OC. The molecule has 0 aliphatic carbocycles. The van der Waals surface area contributed by atoms with Gasteiger partial charge >= 0.3 is 8.89 Å². The zero-order valence-electron chi connectivity index (χ0n) is 5.40. The van der Waals surface area contributed by atoms with Crippen molar-refractivity contribution in [3.63, 3.8) is 0 Å². The molecule has 50 valence electrons. The summed E-state index contributed by atoms with van der Waals surface area (Å²) in [6.07, 6.45) is 0. The Kier molecular flexibility index (Phi) is 3.19. The molecule has 0 saturated heterocycles. The first-order chi connectivity index (χ1) is 3.68. The molecule has 0 radical (unpaired) electrons. The fourth-order valence-electron chi connectivity index (χ4n) is 0.372. The Hall–Kier alpha value is 0.0669. The standard InChI is InChI=1S/C4H11FO2Si/c1-4-8(5,6-2)7-3/h4H2,1-3H3. The van der Waals surface area contributed by atoms with Gasteiger partial charge in [0.05, 0.1) is 0 Å². The van der Waals surface area contributed by atoms with Crippen LogP contribution in [0.4, 0.5) is 4.11 Å². The van der Waals surface area contributed by atoms with E-state index in [4.69, 9.17) is 0 Å². The molecule has 0 aromatic carbocycles. The first kappa shape index (κ1) is 8.07. The Labute approximate surface area is 50.0 Å². The summed E-state index contributed by atoms with van der Waals surface area (Å²) in [5.74, 6) is 0. The molecular weight excluding hydrogens is 127 g/mol. The molecular formula is C4H11FO2Si. The molecule has 0 fully saturated rings. The molecule has 0 saturated carbocycles. The molecule has 0 aliphatic rings. The van der Waals surface area contributed by atoms with E-state index in [2.05, 4.69) is 8.85 Å². The Morgan fingerprint density at radius 3 is 1.75 bits per heavy atom. The van der Waals surface area contributed by atoms with E-state index in [1.807, 2.05) is 0 Å². The Balaban J connectivity index is 3.58. The molecule has 0 unspecified atom stereocenters. The third kappa shape index (κ3) is 1.89. The van der Waals surface area contributed by atoms with E-state index in [1.165, 1.54) is 14.2 Å². The zero-order chi connectivity index (χ0) is 6.62. The molecule has 0 heterocycles. The van der Waals surface area contributed by atoms with Crippen LogP contribution >= 0.6 is 0 Å². The van der Waals surface area contributed by atoms with E-state index in [0.29, 0.717) is 6.04 Å². The lowest BCUT2D eigenvalue weighted by Gasteiger charge is -2.13. The van der Waals surface area contributed by atoms with Gasteiger partial charge in [-0.05, 0) is 0 Å². The lowest BCUT2D eigenvalue weighted by molar-refractivity contribution is 0.194. The maximum Gasteiger partial charge on any atom is 0.539 e. The Bertz CT molecular complexity index is 56.8. The van der Waals surface area contributed by atoms with Crippen molar-refractivity contribution in [2.24, 2.45) is 0 Å². The summed E-state index contributed by atoms with van der Waals surface area (Å²) in [6.45, 7) is 1.71. The molecule has 0 atom stereocenters. The third-order valence-electron chi connectivity index (χ3n) is 1.03. The van der Waals surface area contributed by atoms with Crippen LogP contribution in [0.3, 0.4) is 0 Å². The van der Waals surface area contributed by atoms with Gasteiger partial charge in [-0.15, -0.1) is 0 Å². The largest absolute Gasteiger partial charge is 0.539 e. The molecule has 0 spiro atoms. The van der Waals surface area contributed by atoms with Gasteiger partial charge in [-0.25, -0.2) is 4.11 Å². The summed E-state index contributed by atoms with van der Waals surface area (Å²) < 4.78 is 21.6. The van der Waals surface area contributed by atoms with Crippen molar-refractivity contribution >= 4 is 8.89 Å². The molecule has 2 nitrogen and oxygen atoms in total. The highest BCUT2D eigenvalue weighted by Crippen LogP contribution is 2.10. The molecule has 0 bridgehead atoms. The average molecular weight is 138 g/mol. The van der Waals surface area contributed by atoms with Gasteiger partial charge in [0.15, 0.2) is 0 Å². The highest BCUT2D eigenvalue weighted by atomic mass is 28.4. The van der Waals surface area contributed by atoms with Gasteiger partial charge < -0.3 is 8.85 Å². The summed E-state index contributed by atoms with van der Waals surface area (Å²) in [4.78, 5) is 0. The van der Waals surface area contributed by atoms with Crippen molar-refractivity contribution in [3.05, 3.63) is 0 Å². The Morgan fingerprint density at radius 1 is 1.38 bits per heavy atom. The minimum absolute atomic E-state index is 0.347. The predicted octanol–water partition coefficient (Wildman–Crippen LogP) is 1.21. The molecule has 0 aromatic heterocycles. The lowest BCUT2D eigenvalue weighted by Crippen LogP contribution is -2.33. The second-order valence-corrected chi connectivity index (χ2v) is 4.27. The first-order valence-electron chi connectivity index (χ1n) is 2.47. The Morgan fingerprint density at radius 2 is 1.75 bits per heavy atom. The summed E-state index contributed by atoms with van der Waals surface area (Å²) in [7, 11) is -0.506. The van der Waals surface area contributed by atoms with Gasteiger partial charge in [-0.1, -0.05) is 6.92 Å². The first-order valence-corrected chi connectivity index (χ1v) is 4.38. The smallest absolute Gasteiger partial charge is 0.374 e. The van der Waals surface area contributed by atoms with Crippen LogP contribution in [0.15, 0.2) is 0 Å². The number of hydrogen-bond acceptors (Lipinski definition) is 2. The van der Waals surface area contributed by atoms with Gasteiger partial charge in [-0.2, -0.15) is 0 Å². The van der Waals surface area contributed by atoms with Crippen molar-refractivity contribution in [3.8, 4) is 0 Å². The second-order valence-electron chi connectivity index (χ2n) is 1.42. The quantitative estimate of drug-likeness (QED) is 0.431.